The summed E-state index contributed by atoms with van der Waals surface area (Å²) in [4.78, 5) is 23.1. The molecule has 2 nitrogen and oxygen atoms in total. The first-order valence-electron chi connectivity index (χ1n) is 19.2. The maximum Gasteiger partial charge on any atom is 0.132 e. The average molecular weight is 577 g/mol. The molecule has 0 aromatic heterocycles. The van der Waals surface area contributed by atoms with E-state index in [4.69, 9.17) is 0 Å². The van der Waals surface area contributed by atoms with Crippen LogP contribution in [0.5, 0.6) is 0 Å². The molecule has 0 saturated carbocycles. The van der Waals surface area contributed by atoms with Crippen LogP contribution in [0.15, 0.2) is 0 Å². The van der Waals surface area contributed by atoms with Crippen LogP contribution in [0, 0.1) is 0 Å². The highest BCUT2D eigenvalue weighted by atomic mass is 16.1. The first-order valence-corrected chi connectivity index (χ1v) is 19.2. The number of hydrogen-bond acceptors (Lipinski definition) is 2. The topological polar surface area (TPSA) is 34.1 Å². The highest BCUT2D eigenvalue weighted by Gasteiger charge is 2.02. The number of hydrogen-bond donors (Lipinski definition) is 0. The van der Waals surface area contributed by atoms with Gasteiger partial charge < -0.3 is 4.79 Å². The molecule has 0 fully saturated rings. The van der Waals surface area contributed by atoms with Crippen molar-refractivity contribution in [2.75, 3.05) is 0 Å². The Morgan fingerprint density at radius 3 is 0.707 bits per heavy atom. The standard InChI is InChI=1S/C39H76O2/c1-3-4-5-6-7-8-9-17-21-24-27-30-33-36-39(41)37-34-31-28-25-22-19-16-14-12-10-11-13-15-18-20-23-26-29-32-35-38(2)40/h3-37H2,1-2H3. The van der Waals surface area contributed by atoms with Gasteiger partial charge in [-0.2, -0.15) is 0 Å². The van der Waals surface area contributed by atoms with Gasteiger partial charge >= 0.3 is 0 Å². The van der Waals surface area contributed by atoms with E-state index in [0.717, 1.165) is 38.5 Å². The molecule has 0 N–H and O–H groups in total. The summed E-state index contributed by atoms with van der Waals surface area (Å²) in [6.07, 6.45) is 45.9. The van der Waals surface area contributed by atoms with Crippen molar-refractivity contribution < 1.29 is 9.59 Å². The van der Waals surface area contributed by atoms with E-state index in [0.29, 0.717) is 11.6 Å². The fourth-order valence-corrected chi connectivity index (χ4v) is 6.17. The molecule has 0 rings (SSSR count). The van der Waals surface area contributed by atoms with Crippen molar-refractivity contribution in [3.05, 3.63) is 0 Å². The van der Waals surface area contributed by atoms with E-state index in [-0.39, 0.29) is 0 Å². The summed E-state index contributed by atoms with van der Waals surface area (Å²) in [7, 11) is 0. The monoisotopic (exact) mass is 577 g/mol. The lowest BCUT2D eigenvalue weighted by Crippen LogP contribution is -1.97. The molecule has 2 heteroatoms. The number of carbonyl (C=O) groups excluding carboxylic acids is 2. The largest absolute Gasteiger partial charge is 0.300 e. The quantitative estimate of drug-likeness (QED) is 0.0695. The van der Waals surface area contributed by atoms with Gasteiger partial charge in [0.05, 0.1) is 0 Å². The Hall–Kier alpha value is -0.660. The van der Waals surface area contributed by atoms with E-state index >= 15 is 0 Å². The van der Waals surface area contributed by atoms with Gasteiger partial charge in [-0.25, -0.2) is 0 Å². The molecule has 0 amide bonds. The highest BCUT2D eigenvalue weighted by Crippen LogP contribution is 2.16. The Balaban J connectivity index is 3.14. The van der Waals surface area contributed by atoms with Gasteiger partial charge in [0.15, 0.2) is 0 Å². The Labute approximate surface area is 259 Å². The van der Waals surface area contributed by atoms with Gasteiger partial charge in [-0.05, 0) is 26.2 Å². The molecule has 0 aliphatic rings. The highest BCUT2D eigenvalue weighted by molar-refractivity contribution is 5.78. The van der Waals surface area contributed by atoms with E-state index < -0.39 is 0 Å². The first kappa shape index (κ1) is 40.3. The van der Waals surface area contributed by atoms with Gasteiger partial charge in [-0.1, -0.05) is 193 Å². The van der Waals surface area contributed by atoms with Crippen molar-refractivity contribution in [1.82, 2.24) is 0 Å². The molecule has 0 spiro atoms. The number of carbonyl (C=O) groups is 2. The zero-order valence-corrected chi connectivity index (χ0v) is 28.6. The van der Waals surface area contributed by atoms with Crippen molar-refractivity contribution >= 4 is 11.6 Å². The second kappa shape index (κ2) is 35.5. The Bertz CT molecular complexity index is 526. The average Bonchev–Trinajstić information content (AvgIpc) is 2.96. The number of unbranched alkanes of at least 4 members (excludes halogenated alkanes) is 30. The summed E-state index contributed by atoms with van der Waals surface area (Å²) >= 11 is 0. The molecule has 41 heavy (non-hydrogen) atoms. The van der Waals surface area contributed by atoms with Crippen molar-refractivity contribution in [3.63, 3.8) is 0 Å². The van der Waals surface area contributed by atoms with Gasteiger partial charge in [0.25, 0.3) is 0 Å². The normalized spacial score (nSPS) is 11.4. The Morgan fingerprint density at radius 1 is 0.293 bits per heavy atom. The second-order valence-electron chi connectivity index (χ2n) is 13.5. The maximum absolute atomic E-state index is 12.1. The van der Waals surface area contributed by atoms with Crippen LogP contribution < -0.4 is 0 Å². The zero-order chi connectivity index (χ0) is 29.9. The van der Waals surface area contributed by atoms with Crippen molar-refractivity contribution in [1.29, 1.82) is 0 Å². The minimum absolute atomic E-state index is 0.343. The summed E-state index contributed by atoms with van der Waals surface area (Å²) in [6, 6.07) is 0. The third-order valence-corrected chi connectivity index (χ3v) is 9.04. The molecule has 0 radical (unpaired) electrons. The minimum Gasteiger partial charge on any atom is -0.300 e. The summed E-state index contributed by atoms with van der Waals surface area (Å²) < 4.78 is 0. The van der Waals surface area contributed by atoms with Gasteiger partial charge in [0.1, 0.15) is 11.6 Å². The van der Waals surface area contributed by atoms with Crippen LogP contribution in [0.1, 0.15) is 239 Å². The Morgan fingerprint density at radius 2 is 0.488 bits per heavy atom. The second-order valence-corrected chi connectivity index (χ2v) is 13.5. The maximum atomic E-state index is 12.1. The van der Waals surface area contributed by atoms with Crippen LogP contribution in [0.25, 0.3) is 0 Å². The lowest BCUT2D eigenvalue weighted by Gasteiger charge is -2.04. The summed E-state index contributed by atoms with van der Waals surface area (Å²) in [6.45, 7) is 3.99. The molecule has 244 valence electrons. The summed E-state index contributed by atoms with van der Waals surface area (Å²) in [5.41, 5.74) is 0. The van der Waals surface area contributed by atoms with E-state index in [2.05, 4.69) is 6.92 Å². The molecule has 0 unspecified atom stereocenters. The van der Waals surface area contributed by atoms with Gasteiger partial charge in [0.2, 0.25) is 0 Å². The molecular formula is C39H76O2. The number of ketones is 2. The SMILES string of the molecule is CCCCCCCCCCCCCCCC(=O)CCCCCCCCCCCCCCCCCCCCCC(C)=O. The van der Waals surface area contributed by atoms with E-state index in [1.807, 2.05) is 0 Å². The lowest BCUT2D eigenvalue weighted by molar-refractivity contribution is -0.119. The van der Waals surface area contributed by atoms with Crippen LogP contribution in [-0.4, -0.2) is 11.6 Å². The van der Waals surface area contributed by atoms with Crippen LogP contribution in [0.4, 0.5) is 0 Å². The third kappa shape index (κ3) is 37.3. The predicted octanol–water partition coefficient (Wildman–Crippen LogP) is 13.8. The van der Waals surface area contributed by atoms with E-state index in [9.17, 15) is 9.59 Å². The van der Waals surface area contributed by atoms with E-state index in [1.165, 1.54) is 186 Å². The van der Waals surface area contributed by atoms with E-state index in [1.54, 1.807) is 6.92 Å². The first-order chi connectivity index (χ1) is 20.2. The fraction of sp³-hybridized carbons (Fsp3) is 0.949. The third-order valence-electron chi connectivity index (χ3n) is 9.04. The molecule has 0 atom stereocenters. The number of rotatable bonds is 36. The predicted molar refractivity (Wildman–Crippen MR) is 183 cm³/mol. The van der Waals surface area contributed by atoms with Crippen LogP contribution in [0.3, 0.4) is 0 Å². The fourth-order valence-electron chi connectivity index (χ4n) is 6.17. The molecule has 0 heterocycles. The molecular weight excluding hydrogens is 500 g/mol. The van der Waals surface area contributed by atoms with Gasteiger partial charge in [0, 0.05) is 19.3 Å². The molecule has 0 aliphatic heterocycles. The number of Topliss-reactive ketones (excluding diaryl/α,β-unsaturated/α-hetero) is 2. The smallest absolute Gasteiger partial charge is 0.132 e. The van der Waals surface area contributed by atoms with Gasteiger partial charge in [-0.15, -0.1) is 0 Å². The van der Waals surface area contributed by atoms with Gasteiger partial charge in [-0.3, -0.25) is 4.79 Å². The van der Waals surface area contributed by atoms with Crippen molar-refractivity contribution in [2.45, 2.75) is 239 Å². The summed E-state index contributed by atoms with van der Waals surface area (Å²) in [5, 5.41) is 0. The summed E-state index contributed by atoms with van der Waals surface area (Å²) in [5.74, 6) is 0.862. The van der Waals surface area contributed by atoms with Crippen molar-refractivity contribution in [2.24, 2.45) is 0 Å². The van der Waals surface area contributed by atoms with Crippen LogP contribution >= 0.6 is 0 Å². The van der Waals surface area contributed by atoms with Crippen molar-refractivity contribution in [3.8, 4) is 0 Å². The molecule has 0 saturated heterocycles. The van der Waals surface area contributed by atoms with Crippen LogP contribution in [0.2, 0.25) is 0 Å². The Kier molecular flexibility index (Phi) is 35.0. The minimum atomic E-state index is 0.343. The zero-order valence-electron chi connectivity index (χ0n) is 28.6. The van der Waals surface area contributed by atoms with Crippen LogP contribution in [-0.2, 0) is 9.59 Å². The molecule has 0 aromatic carbocycles. The lowest BCUT2D eigenvalue weighted by atomic mass is 10.0. The molecule has 0 bridgehead atoms. The molecule has 0 aromatic rings. The molecule has 0 aliphatic carbocycles.